The number of rotatable bonds is 26. The number of hydrogen-bond acceptors (Lipinski definition) is 10. The van der Waals surface area contributed by atoms with Gasteiger partial charge in [0.15, 0.2) is 0 Å². The summed E-state index contributed by atoms with van der Waals surface area (Å²) in [5.74, 6) is -2.28. The van der Waals surface area contributed by atoms with Crippen molar-refractivity contribution < 1.29 is 47.7 Å². The van der Waals surface area contributed by atoms with Crippen LogP contribution in [0.1, 0.15) is 52.5 Å². The minimum absolute atomic E-state index is 0.0126. The average Bonchev–Trinajstić information content (AvgIpc) is 3.04. The third-order valence-electron chi connectivity index (χ3n) is 6.63. The summed E-state index contributed by atoms with van der Waals surface area (Å²) in [4.78, 5) is 72.1. The molecule has 0 aliphatic carbocycles. The van der Waals surface area contributed by atoms with Gasteiger partial charge in [-0.1, -0.05) is 39.8 Å². The van der Waals surface area contributed by atoms with E-state index in [1.54, 1.807) is 52.0 Å². The lowest BCUT2D eigenvalue weighted by molar-refractivity contribution is -0.148. The Morgan fingerprint density at radius 2 is 1.44 bits per heavy atom. The number of amides is 6. The van der Waals surface area contributed by atoms with Crippen LogP contribution in [0.4, 0.5) is 10.5 Å². The molecule has 0 saturated carbocycles. The van der Waals surface area contributed by atoms with E-state index >= 15 is 0 Å². The molecule has 0 aromatic heterocycles. The van der Waals surface area contributed by atoms with Gasteiger partial charge >= 0.3 is 12.0 Å². The number of hydrogen-bond donors (Lipinski definition) is 6. The van der Waals surface area contributed by atoms with E-state index in [1.165, 1.54) is 0 Å². The largest absolute Gasteiger partial charge is 0.461 e. The fourth-order valence-corrected chi connectivity index (χ4v) is 3.96. The topological polar surface area (TPSA) is 226 Å². The predicted molar refractivity (Wildman–Crippen MR) is 176 cm³/mol. The van der Waals surface area contributed by atoms with Crippen molar-refractivity contribution in [2.24, 2.45) is 17.6 Å². The maximum absolute atomic E-state index is 13.3. The number of benzene rings is 1. The summed E-state index contributed by atoms with van der Waals surface area (Å²) in [5, 5.41) is 13.2. The van der Waals surface area contributed by atoms with Crippen molar-refractivity contribution in [3.63, 3.8) is 0 Å². The van der Waals surface area contributed by atoms with Gasteiger partial charge in [-0.3, -0.25) is 24.0 Å². The molecule has 0 bridgehead atoms. The molecule has 1 aromatic rings. The molecule has 7 N–H and O–H groups in total. The first-order valence-electron chi connectivity index (χ1n) is 16.0. The Bertz CT molecular complexity index is 1130. The molecule has 16 nitrogen and oxygen atoms in total. The molecule has 0 radical (unpaired) electrons. The number of nitrogens with one attached hydrogen (secondary N) is 5. The van der Waals surface area contributed by atoms with Crippen LogP contribution >= 0.6 is 0 Å². The summed E-state index contributed by atoms with van der Waals surface area (Å²) < 4.78 is 21.3. The van der Waals surface area contributed by atoms with Gasteiger partial charge in [-0.05, 0) is 36.5 Å². The lowest BCUT2D eigenvalue weighted by Gasteiger charge is -2.25. The quantitative estimate of drug-likeness (QED) is 0.0453. The Labute approximate surface area is 281 Å². The molecule has 0 heterocycles. The number of anilines is 1. The first kappa shape index (κ1) is 41.7. The summed E-state index contributed by atoms with van der Waals surface area (Å²) in [5.41, 5.74) is 6.33. The normalized spacial score (nSPS) is 12.1. The van der Waals surface area contributed by atoms with E-state index in [4.69, 9.17) is 24.7 Å². The third-order valence-corrected chi connectivity index (χ3v) is 6.63. The van der Waals surface area contributed by atoms with Crippen LogP contribution in [0.25, 0.3) is 0 Å². The van der Waals surface area contributed by atoms with Crippen LogP contribution in [0.5, 0.6) is 0 Å². The molecule has 1 rings (SSSR count). The Morgan fingerprint density at radius 3 is 2.02 bits per heavy atom. The summed E-state index contributed by atoms with van der Waals surface area (Å²) >= 11 is 0. The van der Waals surface area contributed by atoms with Gasteiger partial charge in [0.25, 0.3) is 0 Å². The van der Waals surface area contributed by atoms with Crippen LogP contribution in [0.3, 0.4) is 0 Å². The monoisotopic (exact) mass is 680 g/mol. The number of esters is 1. The lowest BCUT2D eigenvalue weighted by Crippen LogP contribution is -2.54. The van der Waals surface area contributed by atoms with E-state index in [2.05, 4.69) is 26.6 Å². The van der Waals surface area contributed by atoms with Crippen LogP contribution in [-0.2, 0) is 49.5 Å². The zero-order valence-corrected chi connectivity index (χ0v) is 28.3. The highest BCUT2D eigenvalue weighted by Crippen LogP contribution is 2.13. The highest BCUT2D eigenvalue weighted by atomic mass is 16.5. The molecule has 2 unspecified atom stereocenters. The zero-order chi connectivity index (χ0) is 35.7. The fourth-order valence-electron chi connectivity index (χ4n) is 3.96. The number of nitrogens with two attached hydrogens (primary N) is 1. The fraction of sp³-hybridized carbons (Fsp3) is 0.625. The van der Waals surface area contributed by atoms with E-state index in [9.17, 15) is 28.8 Å². The number of carbonyl (C=O) groups excluding carboxylic acids is 6. The van der Waals surface area contributed by atoms with E-state index < -0.39 is 35.8 Å². The maximum Gasteiger partial charge on any atom is 0.312 e. The summed E-state index contributed by atoms with van der Waals surface area (Å²) in [6.45, 7) is 9.57. The average molecular weight is 681 g/mol. The molecule has 0 saturated heterocycles. The van der Waals surface area contributed by atoms with Crippen molar-refractivity contribution in [1.29, 1.82) is 0 Å². The minimum Gasteiger partial charge on any atom is -0.461 e. The van der Waals surface area contributed by atoms with Gasteiger partial charge in [0.05, 0.1) is 45.6 Å². The minimum atomic E-state index is -0.987. The summed E-state index contributed by atoms with van der Waals surface area (Å²) in [6, 6.07) is 4.12. The van der Waals surface area contributed by atoms with E-state index in [0.717, 1.165) is 5.56 Å². The maximum atomic E-state index is 13.3. The molecule has 48 heavy (non-hydrogen) atoms. The summed E-state index contributed by atoms with van der Waals surface area (Å²) in [6.07, 6.45) is 1.13. The zero-order valence-electron chi connectivity index (χ0n) is 28.3. The smallest absolute Gasteiger partial charge is 0.312 e. The van der Waals surface area contributed by atoms with Crippen molar-refractivity contribution >= 4 is 41.8 Å². The molecule has 16 heteroatoms. The van der Waals surface area contributed by atoms with E-state index in [0.29, 0.717) is 51.5 Å². The van der Waals surface area contributed by atoms with Gasteiger partial charge in [-0.2, -0.15) is 0 Å². The molecule has 6 amide bonds. The molecule has 0 aliphatic heterocycles. The lowest BCUT2D eigenvalue weighted by atomic mass is 10.0. The highest BCUT2D eigenvalue weighted by Gasteiger charge is 2.28. The highest BCUT2D eigenvalue weighted by molar-refractivity contribution is 5.98. The van der Waals surface area contributed by atoms with Crippen molar-refractivity contribution in [1.82, 2.24) is 21.3 Å². The second kappa shape index (κ2) is 24.8. The second-order valence-corrected chi connectivity index (χ2v) is 11.4. The van der Waals surface area contributed by atoms with Gasteiger partial charge in [-0.15, -0.1) is 0 Å². The van der Waals surface area contributed by atoms with Crippen molar-refractivity contribution in [2.75, 3.05) is 58.0 Å². The van der Waals surface area contributed by atoms with Crippen molar-refractivity contribution in [2.45, 2.75) is 65.6 Å². The van der Waals surface area contributed by atoms with Crippen molar-refractivity contribution in [3.8, 4) is 0 Å². The predicted octanol–water partition coefficient (Wildman–Crippen LogP) is 0.584. The third kappa shape index (κ3) is 19.4. The number of primary amides is 1. The van der Waals surface area contributed by atoms with Gasteiger partial charge in [0.2, 0.25) is 24.1 Å². The standard InChI is InChI=1S/C32H52N6O10/c1-22(2)28(38-27(40)11-14-45-16-18-47-19-17-46-15-13-34-21-39)30(42)37-26(6-5-12-35-32(33)44)29(41)36-25-9-7-24(8-10-25)20-48-31(43)23(3)4/h7-10,21-23,26,28H,5-6,11-20H2,1-4H3,(H,34,39)(H,36,41)(H,37,42)(H,38,40)(H3,33,35,44). The molecule has 2 atom stereocenters. The van der Waals surface area contributed by atoms with Gasteiger partial charge in [-0.25, -0.2) is 4.79 Å². The Kier molecular flexibility index (Phi) is 21.6. The molecule has 0 spiro atoms. The first-order valence-corrected chi connectivity index (χ1v) is 16.0. The van der Waals surface area contributed by atoms with E-state index in [-0.39, 0.29) is 57.0 Å². The first-order chi connectivity index (χ1) is 22.9. The molecule has 270 valence electrons. The van der Waals surface area contributed by atoms with Crippen LogP contribution in [0.2, 0.25) is 0 Å². The Morgan fingerprint density at radius 1 is 0.812 bits per heavy atom. The van der Waals surface area contributed by atoms with Crippen LogP contribution in [0.15, 0.2) is 24.3 Å². The van der Waals surface area contributed by atoms with Gasteiger partial charge < -0.3 is 51.3 Å². The second-order valence-electron chi connectivity index (χ2n) is 11.4. The van der Waals surface area contributed by atoms with Gasteiger partial charge in [0, 0.05) is 25.2 Å². The molecule has 0 fully saturated rings. The SMILES string of the molecule is CC(C)C(=O)OCc1ccc(NC(=O)C(CCCNC(N)=O)NC(=O)C(NC(=O)CCOCCOCCOCCNC=O)C(C)C)cc1. The number of carbonyl (C=O) groups is 6. The molecular formula is C32H52N6O10. The van der Waals surface area contributed by atoms with Gasteiger partial charge in [0.1, 0.15) is 18.7 Å². The molecule has 1 aromatic carbocycles. The number of ether oxygens (including phenoxy) is 4. The Hall–Kier alpha value is -4.28. The van der Waals surface area contributed by atoms with Crippen LogP contribution in [0, 0.1) is 11.8 Å². The van der Waals surface area contributed by atoms with Crippen LogP contribution in [-0.4, -0.2) is 101 Å². The molecular weight excluding hydrogens is 628 g/mol. The van der Waals surface area contributed by atoms with Crippen LogP contribution < -0.4 is 32.3 Å². The Balaban J connectivity index is 2.64. The number of urea groups is 1. The molecule has 0 aliphatic rings. The summed E-state index contributed by atoms with van der Waals surface area (Å²) in [7, 11) is 0. The van der Waals surface area contributed by atoms with E-state index in [1.807, 2.05) is 0 Å². The van der Waals surface area contributed by atoms with Crippen molar-refractivity contribution in [3.05, 3.63) is 29.8 Å².